The van der Waals surface area contributed by atoms with Crippen LogP contribution in [0.2, 0.25) is 0 Å². The zero-order chi connectivity index (χ0) is 3.54. The molecule has 0 aromatic carbocycles. The van der Waals surface area contributed by atoms with Crippen LogP contribution in [0.25, 0.3) is 0 Å². The van der Waals surface area contributed by atoms with E-state index in [1.807, 2.05) is 0 Å². The van der Waals surface area contributed by atoms with Crippen molar-refractivity contribution in [2.45, 2.75) is 0 Å². The van der Waals surface area contributed by atoms with Crippen LogP contribution in [0.15, 0.2) is 18.7 Å². The molecule has 1 N–H and O–H groups in total. The number of hydrogen-bond acceptors (Lipinski definition) is 1. The van der Waals surface area contributed by atoms with Gasteiger partial charge in [0.2, 0.25) is 0 Å². The molecule has 0 amide bonds. The van der Waals surface area contributed by atoms with Gasteiger partial charge in [-0.3, -0.25) is 0 Å². The Hall–Kier alpha value is 0.587. The zero-order valence-electron chi connectivity index (χ0n) is 3.18. The molecule has 30 valence electrons. The second-order valence-electron chi connectivity index (χ2n) is 0.761. The number of nitrogens with zero attached hydrogens (tertiary/aromatic N) is 1. The first-order valence-corrected chi connectivity index (χ1v) is 1.43. The molecule has 6 heavy (non-hydrogen) atoms. The van der Waals surface area contributed by atoms with E-state index >= 15 is 0 Å². The first-order valence-electron chi connectivity index (χ1n) is 1.43. The third-order valence-corrected chi connectivity index (χ3v) is 0.406. The summed E-state index contributed by atoms with van der Waals surface area (Å²) in [7, 11) is 0. The van der Waals surface area contributed by atoms with E-state index in [1.54, 1.807) is 18.7 Å². The van der Waals surface area contributed by atoms with Crippen LogP contribution >= 0.6 is 0 Å². The number of hydrogen-bond donors (Lipinski definition) is 1. The van der Waals surface area contributed by atoms with Gasteiger partial charge in [0, 0.05) is 54.1 Å². The molecular formula is C3H4CeN2. The Labute approximate surface area is 69.7 Å². The van der Waals surface area contributed by atoms with Gasteiger partial charge in [0.05, 0.1) is 6.33 Å². The summed E-state index contributed by atoms with van der Waals surface area (Å²) in [5, 5.41) is 0. The fourth-order valence-electron chi connectivity index (χ4n) is 0.215. The van der Waals surface area contributed by atoms with Gasteiger partial charge in [-0.15, -0.1) is 0 Å². The minimum Gasteiger partial charge on any atom is -0.351 e. The van der Waals surface area contributed by atoms with E-state index in [1.165, 1.54) is 0 Å². The van der Waals surface area contributed by atoms with Gasteiger partial charge in [-0.2, -0.15) is 0 Å². The molecule has 0 bridgehead atoms. The van der Waals surface area contributed by atoms with Crippen LogP contribution in [0.5, 0.6) is 0 Å². The molecule has 1 rings (SSSR count). The maximum atomic E-state index is 3.67. The Bertz CT molecular complexity index is 65.3. The maximum absolute atomic E-state index is 3.67. The first kappa shape index (κ1) is 6.59. The molecule has 0 unspecified atom stereocenters. The monoisotopic (exact) mass is 208 g/mol. The van der Waals surface area contributed by atoms with Gasteiger partial charge in [0.15, 0.2) is 0 Å². The van der Waals surface area contributed by atoms with Crippen LogP contribution in [0.1, 0.15) is 0 Å². The van der Waals surface area contributed by atoms with Crippen LogP contribution in [0.4, 0.5) is 0 Å². The van der Waals surface area contributed by atoms with Crippen molar-refractivity contribution in [3.63, 3.8) is 0 Å². The molecule has 2 nitrogen and oxygen atoms in total. The fraction of sp³-hybridized carbons (Fsp3) is 0. The molecule has 0 aliphatic heterocycles. The van der Waals surface area contributed by atoms with Crippen LogP contribution in [-0.4, -0.2) is 9.97 Å². The van der Waals surface area contributed by atoms with Crippen molar-refractivity contribution in [2.75, 3.05) is 0 Å². The quantitative estimate of drug-likeness (QED) is 0.657. The summed E-state index contributed by atoms with van der Waals surface area (Å²) in [4.78, 5) is 6.42. The molecule has 0 aliphatic carbocycles. The molecule has 0 aliphatic rings. The number of nitrogens with one attached hydrogen (secondary N) is 1. The summed E-state index contributed by atoms with van der Waals surface area (Å²) in [6.07, 6.45) is 5.08. The molecule has 1 aromatic heterocycles. The first-order chi connectivity index (χ1) is 2.50. The number of rotatable bonds is 0. The molecule has 3 heteroatoms. The topological polar surface area (TPSA) is 28.7 Å². The summed E-state index contributed by atoms with van der Waals surface area (Å²) in [5.41, 5.74) is 0. The van der Waals surface area contributed by atoms with Crippen molar-refractivity contribution >= 4 is 0 Å². The number of aromatic amines is 1. The van der Waals surface area contributed by atoms with Gasteiger partial charge >= 0.3 is 0 Å². The summed E-state index contributed by atoms with van der Waals surface area (Å²) in [6, 6.07) is 0. The van der Waals surface area contributed by atoms with E-state index in [-0.39, 0.29) is 41.7 Å². The third kappa shape index (κ3) is 1.89. The Kier molecular flexibility index (Phi) is 4.13. The van der Waals surface area contributed by atoms with Crippen LogP contribution in [-0.2, 0) is 0 Å². The molecule has 0 fully saturated rings. The van der Waals surface area contributed by atoms with E-state index in [4.69, 9.17) is 0 Å². The van der Waals surface area contributed by atoms with Crippen molar-refractivity contribution in [2.24, 2.45) is 0 Å². The molecule has 1 heterocycles. The van der Waals surface area contributed by atoms with Crippen molar-refractivity contribution in [1.82, 2.24) is 9.97 Å². The van der Waals surface area contributed by atoms with E-state index in [9.17, 15) is 0 Å². The summed E-state index contributed by atoms with van der Waals surface area (Å²) >= 11 is 0. The molecule has 1 aromatic rings. The fourth-order valence-corrected chi connectivity index (χ4v) is 0.215. The predicted octanol–water partition coefficient (Wildman–Crippen LogP) is 0.410. The summed E-state index contributed by atoms with van der Waals surface area (Å²) < 4.78 is 0. The molecule has 0 atom stereocenters. The SMILES string of the molecule is [Ce].c1c[nH]cn1. The molecule has 0 saturated heterocycles. The van der Waals surface area contributed by atoms with E-state index in [2.05, 4.69) is 9.97 Å². The Balaban J connectivity index is 0.000000250. The maximum Gasteiger partial charge on any atom is 0.0919 e. The zero-order valence-corrected chi connectivity index (χ0v) is 6.32. The van der Waals surface area contributed by atoms with Gasteiger partial charge < -0.3 is 4.98 Å². The van der Waals surface area contributed by atoms with Gasteiger partial charge in [0.1, 0.15) is 0 Å². The third-order valence-electron chi connectivity index (χ3n) is 0.406. The Morgan fingerprint density at radius 2 is 2.33 bits per heavy atom. The molecule has 0 spiro atoms. The number of aromatic nitrogens is 2. The van der Waals surface area contributed by atoms with E-state index in [0.29, 0.717) is 0 Å². The van der Waals surface area contributed by atoms with Crippen molar-refractivity contribution in [1.29, 1.82) is 0 Å². The summed E-state index contributed by atoms with van der Waals surface area (Å²) in [5.74, 6) is 0. The average molecular weight is 208 g/mol. The van der Waals surface area contributed by atoms with Crippen molar-refractivity contribution in [3.8, 4) is 0 Å². The van der Waals surface area contributed by atoms with Gasteiger partial charge in [-0.25, -0.2) is 4.98 Å². The van der Waals surface area contributed by atoms with Crippen molar-refractivity contribution in [3.05, 3.63) is 18.7 Å². The second-order valence-corrected chi connectivity index (χ2v) is 0.761. The Morgan fingerprint density at radius 1 is 1.50 bits per heavy atom. The number of H-pyrrole nitrogens is 1. The van der Waals surface area contributed by atoms with Crippen molar-refractivity contribution < 1.29 is 41.7 Å². The molecule has 0 saturated carbocycles. The van der Waals surface area contributed by atoms with Crippen LogP contribution < -0.4 is 0 Å². The minimum atomic E-state index is 0. The number of imidazole rings is 1. The standard InChI is InChI=1S/C3H4N2.Ce/c1-2-5-3-4-1;/h1-3H,(H,4,5);. The van der Waals surface area contributed by atoms with E-state index < -0.39 is 0 Å². The van der Waals surface area contributed by atoms with Gasteiger partial charge in [0.25, 0.3) is 0 Å². The van der Waals surface area contributed by atoms with E-state index in [0.717, 1.165) is 0 Å². The second kappa shape index (κ2) is 3.77. The largest absolute Gasteiger partial charge is 0.351 e. The Morgan fingerprint density at radius 3 is 2.50 bits per heavy atom. The smallest absolute Gasteiger partial charge is 0.0919 e. The average Bonchev–Trinajstić information content (AvgIpc) is 1.76. The van der Waals surface area contributed by atoms with Gasteiger partial charge in [-0.05, 0) is 0 Å². The summed E-state index contributed by atoms with van der Waals surface area (Å²) in [6.45, 7) is 0. The molecule has 0 radical (unpaired) electrons. The van der Waals surface area contributed by atoms with Crippen LogP contribution in [0, 0.1) is 41.7 Å². The van der Waals surface area contributed by atoms with Gasteiger partial charge in [-0.1, -0.05) is 0 Å². The molecular weight excluding hydrogens is 204 g/mol. The normalized spacial score (nSPS) is 6.67. The predicted molar refractivity (Wildman–Crippen MR) is 18.6 cm³/mol. The van der Waals surface area contributed by atoms with Crippen LogP contribution in [0.3, 0.4) is 0 Å². The minimum absolute atomic E-state index is 0.